The Balaban J connectivity index is 1.61. The fraction of sp³-hybridized carbons (Fsp3) is 0.318. The van der Waals surface area contributed by atoms with Crippen LogP contribution in [0.25, 0.3) is 11.4 Å². The monoisotopic (exact) mass is 390 g/mol. The minimum atomic E-state index is 0.327. The van der Waals surface area contributed by atoms with Crippen LogP contribution in [0.15, 0.2) is 42.7 Å². The smallest absolute Gasteiger partial charge is 0.165 e. The maximum atomic E-state index is 9.71. The van der Waals surface area contributed by atoms with Crippen LogP contribution in [0.4, 0.5) is 17.3 Å². The zero-order valence-electron chi connectivity index (χ0n) is 17.0. The van der Waals surface area contributed by atoms with Crippen LogP contribution in [0.5, 0.6) is 5.75 Å². The second kappa shape index (κ2) is 7.95. The van der Waals surface area contributed by atoms with E-state index >= 15 is 0 Å². The molecule has 150 valence electrons. The van der Waals surface area contributed by atoms with Crippen LogP contribution in [0.3, 0.4) is 0 Å². The second-order valence-electron chi connectivity index (χ2n) is 7.53. The first-order valence-electron chi connectivity index (χ1n) is 9.88. The van der Waals surface area contributed by atoms with Gasteiger partial charge in [-0.25, -0.2) is 9.97 Å². The van der Waals surface area contributed by atoms with Crippen molar-refractivity contribution in [3.8, 4) is 17.1 Å². The van der Waals surface area contributed by atoms with E-state index in [1.54, 1.807) is 18.5 Å². The van der Waals surface area contributed by atoms with Gasteiger partial charge >= 0.3 is 0 Å². The van der Waals surface area contributed by atoms with E-state index < -0.39 is 0 Å². The molecular formula is C22H26N6O. The molecule has 1 aliphatic rings. The Hall–Kier alpha value is -3.35. The van der Waals surface area contributed by atoms with E-state index in [0.29, 0.717) is 24.3 Å². The van der Waals surface area contributed by atoms with Crippen molar-refractivity contribution in [3.05, 3.63) is 53.9 Å². The number of aryl methyl sites for hydroxylation is 1. The van der Waals surface area contributed by atoms with Crippen molar-refractivity contribution in [3.63, 3.8) is 0 Å². The van der Waals surface area contributed by atoms with Crippen LogP contribution in [-0.2, 0) is 6.42 Å². The van der Waals surface area contributed by atoms with Crippen molar-refractivity contribution in [1.29, 1.82) is 0 Å². The van der Waals surface area contributed by atoms with Crippen LogP contribution in [0, 0.1) is 6.92 Å². The van der Waals surface area contributed by atoms with Crippen molar-refractivity contribution in [2.24, 2.45) is 0 Å². The van der Waals surface area contributed by atoms with Crippen molar-refractivity contribution >= 4 is 17.3 Å². The van der Waals surface area contributed by atoms with Crippen molar-refractivity contribution in [1.82, 2.24) is 15.0 Å². The number of rotatable bonds is 6. The lowest BCUT2D eigenvalue weighted by Crippen LogP contribution is -2.30. The molecule has 3 aromatic rings. The van der Waals surface area contributed by atoms with E-state index in [2.05, 4.69) is 34.4 Å². The molecule has 3 N–H and O–H groups in total. The molecule has 0 saturated heterocycles. The van der Waals surface area contributed by atoms with Gasteiger partial charge < -0.3 is 20.6 Å². The fourth-order valence-electron chi connectivity index (χ4n) is 3.44. The summed E-state index contributed by atoms with van der Waals surface area (Å²) in [5, 5.41) is 16.6. The predicted octanol–water partition coefficient (Wildman–Crippen LogP) is 3.81. The molecule has 0 saturated carbocycles. The zero-order chi connectivity index (χ0) is 20.4. The first-order valence-corrected chi connectivity index (χ1v) is 9.88. The Bertz CT molecular complexity index is 1010. The maximum absolute atomic E-state index is 9.71. The molecule has 0 aliphatic carbocycles. The molecule has 0 fully saturated rings. The maximum Gasteiger partial charge on any atom is 0.165 e. The average molecular weight is 390 g/mol. The molecule has 3 heterocycles. The predicted molar refractivity (Wildman–Crippen MR) is 116 cm³/mol. The largest absolute Gasteiger partial charge is 0.508 e. The van der Waals surface area contributed by atoms with Crippen LogP contribution < -0.4 is 15.5 Å². The number of aromatic hydroxyl groups is 1. The summed E-state index contributed by atoms with van der Waals surface area (Å²) in [5.41, 5.74) is 3.89. The molecule has 29 heavy (non-hydrogen) atoms. The third kappa shape index (κ3) is 3.94. The van der Waals surface area contributed by atoms with Gasteiger partial charge in [0.15, 0.2) is 17.5 Å². The normalized spacial score (nSPS) is 12.8. The van der Waals surface area contributed by atoms with Gasteiger partial charge in [-0.1, -0.05) is 12.1 Å². The number of nitrogens with zero attached hydrogens (tertiary/aromatic N) is 4. The number of hydrogen-bond acceptors (Lipinski definition) is 7. The highest BCUT2D eigenvalue weighted by molar-refractivity contribution is 5.83. The molecule has 0 atom stereocenters. The van der Waals surface area contributed by atoms with Gasteiger partial charge in [0.1, 0.15) is 11.4 Å². The van der Waals surface area contributed by atoms with E-state index in [4.69, 9.17) is 9.97 Å². The summed E-state index contributed by atoms with van der Waals surface area (Å²) < 4.78 is 0. The summed E-state index contributed by atoms with van der Waals surface area (Å²) in [5.74, 6) is 2.70. The van der Waals surface area contributed by atoms with E-state index in [1.807, 2.05) is 31.2 Å². The highest BCUT2D eigenvalue weighted by atomic mass is 16.3. The zero-order valence-corrected chi connectivity index (χ0v) is 17.0. The van der Waals surface area contributed by atoms with Crippen molar-refractivity contribution in [2.75, 3.05) is 28.7 Å². The topological polar surface area (TPSA) is 86.2 Å². The minimum Gasteiger partial charge on any atom is -0.508 e. The number of nitrogens with one attached hydrogen (secondary N) is 2. The van der Waals surface area contributed by atoms with Gasteiger partial charge in [-0.05, 0) is 56.5 Å². The highest BCUT2D eigenvalue weighted by Gasteiger charge is 2.27. The van der Waals surface area contributed by atoms with Gasteiger partial charge in [0.2, 0.25) is 0 Å². The Labute approximate surface area is 170 Å². The number of hydrogen-bond donors (Lipinski definition) is 3. The third-order valence-electron chi connectivity index (χ3n) is 5.10. The average Bonchev–Trinajstić information content (AvgIpc) is 3.16. The second-order valence-corrected chi connectivity index (χ2v) is 7.53. The summed E-state index contributed by atoms with van der Waals surface area (Å²) in [6.45, 7) is 7.66. The number of phenolic OH excluding ortho intramolecular Hbond substituents is 1. The fourth-order valence-corrected chi connectivity index (χ4v) is 3.44. The molecule has 0 bridgehead atoms. The molecular weight excluding hydrogens is 364 g/mol. The number of benzene rings is 1. The highest BCUT2D eigenvalue weighted by Crippen LogP contribution is 2.37. The molecule has 2 aromatic heterocycles. The Morgan fingerprint density at radius 2 is 2.10 bits per heavy atom. The molecule has 0 radical (unpaired) electrons. The van der Waals surface area contributed by atoms with Gasteiger partial charge in [0, 0.05) is 30.5 Å². The van der Waals surface area contributed by atoms with Gasteiger partial charge in [0.25, 0.3) is 0 Å². The molecule has 4 rings (SSSR count). The molecule has 0 amide bonds. The number of aromatic nitrogens is 3. The number of phenols is 1. The van der Waals surface area contributed by atoms with Crippen LogP contribution in [0.2, 0.25) is 0 Å². The number of fused-ring (bicyclic) bond motifs is 1. The van der Waals surface area contributed by atoms with Crippen LogP contribution >= 0.6 is 0 Å². The Morgan fingerprint density at radius 1 is 1.24 bits per heavy atom. The minimum absolute atomic E-state index is 0.327. The van der Waals surface area contributed by atoms with E-state index in [-0.39, 0.29) is 0 Å². The molecule has 0 spiro atoms. The lowest BCUT2D eigenvalue weighted by atomic mass is 10.1. The number of pyridine rings is 1. The lowest BCUT2D eigenvalue weighted by molar-refractivity contribution is 0.471. The molecule has 7 nitrogen and oxygen atoms in total. The first-order chi connectivity index (χ1) is 14.0. The lowest BCUT2D eigenvalue weighted by Gasteiger charge is -2.22. The molecule has 7 heteroatoms. The quantitative estimate of drug-likeness (QED) is 0.590. The third-order valence-corrected chi connectivity index (χ3v) is 5.10. The van der Waals surface area contributed by atoms with Gasteiger partial charge in [-0.15, -0.1) is 0 Å². The standard InChI is InChI=1S/C22H26N6O/c1-14(2)28-13-25-19-21(24-10-8-16-6-7-18(29)15(3)11-16)26-20(27-22(19)28)17-5-4-9-23-12-17/h4-7,9,11-12,14,25,29H,8,10,13H2,1-3H3,(H,24,26,27). The SMILES string of the molecule is Cc1cc(CCNc2nc(-c3cccnc3)nc3c2NCN3C(C)C)ccc1O. The summed E-state index contributed by atoms with van der Waals surface area (Å²) in [7, 11) is 0. The number of anilines is 3. The van der Waals surface area contributed by atoms with Gasteiger partial charge in [0.05, 0.1) is 6.67 Å². The van der Waals surface area contributed by atoms with Crippen LogP contribution in [-0.4, -0.2) is 39.3 Å². The molecule has 1 aliphatic heterocycles. The Morgan fingerprint density at radius 3 is 2.83 bits per heavy atom. The molecule has 1 aromatic carbocycles. The summed E-state index contributed by atoms with van der Waals surface area (Å²) in [6.07, 6.45) is 4.36. The summed E-state index contributed by atoms with van der Waals surface area (Å²) >= 11 is 0. The summed E-state index contributed by atoms with van der Waals surface area (Å²) in [4.78, 5) is 16.0. The first kappa shape index (κ1) is 19.0. The molecule has 0 unspecified atom stereocenters. The van der Waals surface area contributed by atoms with Gasteiger partial charge in [-0.2, -0.15) is 0 Å². The van der Waals surface area contributed by atoms with Crippen molar-refractivity contribution in [2.45, 2.75) is 33.2 Å². The van der Waals surface area contributed by atoms with E-state index in [0.717, 1.165) is 41.4 Å². The van der Waals surface area contributed by atoms with Gasteiger partial charge in [-0.3, -0.25) is 4.98 Å². The van der Waals surface area contributed by atoms with Crippen LogP contribution in [0.1, 0.15) is 25.0 Å². The summed E-state index contributed by atoms with van der Waals surface area (Å²) in [6, 6.07) is 9.91. The van der Waals surface area contributed by atoms with E-state index in [9.17, 15) is 5.11 Å². The van der Waals surface area contributed by atoms with E-state index in [1.165, 1.54) is 5.56 Å². The van der Waals surface area contributed by atoms with Crippen molar-refractivity contribution < 1.29 is 5.11 Å². The Kier molecular flexibility index (Phi) is 5.20.